The first-order chi connectivity index (χ1) is 14.9. The lowest BCUT2D eigenvalue weighted by Crippen LogP contribution is -2.19. The first-order valence-electron chi connectivity index (χ1n) is 9.82. The van der Waals surface area contributed by atoms with E-state index in [1.807, 2.05) is 11.5 Å². The van der Waals surface area contributed by atoms with Crippen LogP contribution in [-0.4, -0.2) is 28.6 Å². The van der Waals surface area contributed by atoms with Crippen molar-refractivity contribution in [2.45, 2.75) is 27.3 Å². The fourth-order valence-electron chi connectivity index (χ4n) is 3.51. The average molecular weight is 456 g/mol. The standard InChI is InChI=1S/C22H21N3O4S2/c1-4-29-8-7-24-17-10-13(2)9-14(3)20(17)31-22(24)23-21(26)19-12-15-11-16(25(27)28)5-6-18(15)30-19/h5-6,9-12H,4,7-8H2,1-3H3. The molecule has 2 heterocycles. The highest BCUT2D eigenvalue weighted by molar-refractivity contribution is 7.21. The zero-order valence-electron chi connectivity index (χ0n) is 17.4. The number of benzene rings is 2. The van der Waals surface area contributed by atoms with Crippen LogP contribution in [0.4, 0.5) is 5.69 Å². The first-order valence-corrected chi connectivity index (χ1v) is 11.5. The predicted molar refractivity (Wildman–Crippen MR) is 124 cm³/mol. The highest BCUT2D eigenvalue weighted by Gasteiger charge is 2.15. The lowest BCUT2D eigenvalue weighted by atomic mass is 10.1. The molecule has 4 rings (SSSR count). The van der Waals surface area contributed by atoms with E-state index in [2.05, 4.69) is 31.0 Å². The van der Waals surface area contributed by atoms with Gasteiger partial charge in [0.15, 0.2) is 4.80 Å². The number of thiophene rings is 1. The molecular formula is C22H21N3O4S2. The zero-order chi connectivity index (χ0) is 22.1. The molecule has 0 bridgehead atoms. The van der Waals surface area contributed by atoms with Crippen LogP contribution in [0.5, 0.6) is 0 Å². The number of carbonyl (C=O) groups is 1. The van der Waals surface area contributed by atoms with Gasteiger partial charge in [-0.2, -0.15) is 4.99 Å². The second kappa shape index (κ2) is 8.70. The van der Waals surface area contributed by atoms with Gasteiger partial charge in [0.2, 0.25) is 0 Å². The summed E-state index contributed by atoms with van der Waals surface area (Å²) in [6.45, 7) is 7.81. The third-order valence-electron chi connectivity index (χ3n) is 4.90. The van der Waals surface area contributed by atoms with Crippen molar-refractivity contribution in [2.24, 2.45) is 4.99 Å². The number of aryl methyl sites for hydroxylation is 2. The molecule has 2 aromatic carbocycles. The molecule has 0 unspecified atom stereocenters. The Labute approximate surface area is 186 Å². The van der Waals surface area contributed by atoms with Gasteiger partial charge >= 0.3 is 0 Å². The van der Waals surface area contributed by atoms with Gasteiger partial charge in [0.25, 0.3) is 11.6 Å². The zero-order valence-corrected chi connectivity index (χ0v) is 19.0. The molecule has 1 amide bonds. The summed E-state index contributed by atoms with van der Waals surface area (Å²) in [5.41, 5.74) is 3.34. The molecule has 160 valence electrons. The Morgan fingerprint density at radius 2 is 2.00 bits per heavy atom. The van der Waals surface area contributed by atoms with E-state index in [0.717, 1.165) is 26.0 Å². The highest BCUT2D eigenvalue weighted by atomic mass is 32.1. The van der Waals surface area contributed by atoms with Gasteiger partial charge in [-0.3, -0.25) is 14.9 Å². The lowest BCUT2D eigenvalue weighted by molar-refractivity contribution is -0.384. The van der Waals surface area contributed by atoms with Crippen molar-refractivity contribution in [2.75, 3.05) is 13.2 Å². The molecule has 0 aliphatic heterocycles. The van der Waals surface area contributed by atoms with E-state index < -0.39 is 4.92 Å². The number of hydrogen-bond donors (Lipinski definition) is 0. The molecule has 0 atom stereocenters. The Bertz CT molecular complexity index is 1380. The maximum Gasteiger partial charge on any atom is 0.289 e. The topological polar surface area (TPSA) is 86.7 Å². The Balaban J connectivity index is 1.79. The summed E-state index contributed by atoms with van der Waals surface area (Å²) in [6, 6.07) is 10.5. The molecule has 0 N–H and O–H groups in total. The van der Waals surface area contributed by atoms with Gasteiger partial charge in [-0.25, -0.2) is 0 Å². The maximum atomic E-state index is 13.0. The van der Waals surface area contributed by atoms with Gasteiger partial charge in [0.1, 0.15) is 0 Å². The SMILES string of the molecule is CCOCCn1c(=NC(=O)c2cc3cc([N+](=O)[O-])ccc3s2)sc2c(C)cc(C)cc21. The molecule has 0 aliphatic carbocycles. The smallest absolute Gasteiger partial charge is 0.289 e. The summed E-state index contributed by atoms with van der Waals surface area (Å²) in [7, 11) is 0. The van der Waals surface area contributed by atoms with Crippen molar-refractivity contribution in [3.8, 4) is 0 Å². The maximum absolute atomic E-state index is 13.0. The normalized spacial score (nSPS) is 12.2. The number of fused-ring (bicyclic) bond motifs is 2. The number of ether oxygens (including phenoxy) is 1. The van der Waals surface area contributed by atoms with E-state index >= 15 is 0 Å². The van der Waals surface area contributed by atoms with E-state index in [9.17, 15) is 14.9 Å². The van der Waals surface area contributed by atoms with Crippen LogP contribution in [0.1, 0.15) is 27.7 Å². The van der Waals surface area contributed by atoms with Gasteiger partial charge in [0, 0.05) is 35.4 Å². The van der Waals surface area contributed by atoms with E-state index in [1.165, 1.54) is 34.8 Å². The number of nitrogens with zero attached hydrogens (tertiary/aromatic N) is 3. The number of hydrogen-bond acceptors (Lipinski definition) is 6. The van der Waals surface area contributed by atoms with E-state index in [4.69, 9.17) is 4.74 Å². The molecule has 0 radical (unpaired) electrons. The molecule has 4 aromatic rings. The summed E-state index contributed by atoms with van der Waals surface area (Å²) in [5, 5.41) is 11.7. The predicted octanol–water partition coefficient (Wildman–Crippen LogP) is 5.22. The first kappa shape index (κ1) is 21.4. The van der Waals surface area contributed by atoms with Crippen molar-refractivity contribution in [3.05, 3.63) is 67.3 Å². The third kappa shape index (κ3) is 4.30. The number of non-ortho nitro benzene ring substituents is 1. The molecule has 0 fully saturated rings. The monoisotopic (exact) mass is 455 g/mol. The number of rotatable bonds is 6. The van der Waals surface area contributed by atoms with Gasteiger partial charge in [-0.1, -0.05) is 17.4 Å². The van der Waals surface area contributed by atoms with Crippen LogP contribution in [0.25, 0.3) is 20.3 Å². The molecule has 2 aromatic heterocycles. The molecular weight excluding hydrogens is 434 g/mol. The van der Waals surface area contributed by atoms with E-state index in [0.29, 0.717) is 34.8 Å². The van der Waals surface area contributed by atoms with Crippen molar-refractivity contribution >= 4 is 54.6 Å². The van der Waals surface area contributed by atoms with Crippen LogP contribution in [0, 0.1) is 24.0 Å². The second-order valence-electron chi connectivity index (χ2n) is 7.17. The minimum absolute atomic E-state index is 0.00496. The molecule has 9 heteroatoms. The number of amides is 1. The van der Waals surface area contributed by atoms with Crippen molar-refractivity contribution in [3.63, 3.8) is 0 Å². The van der Waals surface area contributed by atoms with E-state index in [-0.39, 0.29) is 11.6 Å². The summed E-state index contributed by atoms with van der Waals surface area (Å²) in [4.78, 5) is 29.1. The summed E-state index contributed by atoms with van der Waals surface area (Å²) < 4.78 is 9.48. The Morgan fingerprint density at radius 3 is 2.74 bits per heavy atom. The molecule has 0 saturated heterocycles. The van der Waals surface area contributed by atoms with Crippen molar-refractivity contribution < 1.29 is 14.5 Å². The minimum Gasteiger partial charge on any atom is -0.380 e. The highest BCUT2D eigenvalue weighted by Crippen LogP contribution is 2.29. The fourth-order valence-corrected chi connectivity index (χ4v) is 5.54. The minimum atomic E-state index is -0.439. The van der Waals surface area contributed by atoms with Crippen molar-refractivity contribution in [1.82, 2.24) is 4.57 Å². The lowest BCUT2D eigenvalue weighted by Gasteiger charge is -2.06. The number of carbonyl (C=O) groups excluding carboxylic acids is 1. The fraction of sp³-hybridized carbons (Fsp3) is 0.273. The molecule has 0 aliphatic rings. The van der Waals surface area contributed by atoms with E-state index in [1.54, 1.807) is 12.1 Å². The summed E-state index contributed by atoms with van der Waals surface area (Å²) in [5.74, 6) is -0.352. The summed E-state index contributed by atoms with van der Waals surface area (Å²) in [6.07, 6.45) is 0. The molecule has 31 heavy (non-hydrogen) atoms. The Kier molecular flexibility index (Phi) is 5.99. The Hall–Kier alpha value is -2.88. The van der Waals surface area contributed by atoms with Crippen LogP contribution >= 0.6 is 22.7 Å². The average Bonchev–Trinajstić information content (AvgIpc) is 3.30. The number of nitro benzene ring substituents is 1. The van der Waals surface area contributed by atoms with Crippen molar-refractivity contribution in [1.29, 1.82) is 0 Å². The number of aromatic nitrogens is 1. The summed E-state index contributed by atoms with van der Waals surface area (Å²) >= 11 is 2.78. The molecule has 0 spiro atoms. The largest absolute Gasteiger partial charge is 0.380 e. The molecule has 0 saturated carbocycles. The van der Waals surface area contributed by atoms with Crippen LogP contribution in [-0.2, 0) is 11.3 Å². The third-order valence-corrected chi connectivity index (χ3v) is 7.23. The van der Waals surface area contributed by atoms with Crippen LogP contribution in [0.3, 0.4) is 0 Å². The quantitative estimate of drug-likeness (QED) is 0.227. The van der Waals surface area contributed by atoms with Gasteiger partial charge in [-0.15, -0.1) is 11.3 Å². The second-order valence-corrected chi connectivity index (χ2v) is 9.23. The number of nitro groups is 1. The molecule has 7 nitrogen and oxygen atoms in total. The van der Waals surface area contributed by atoms with Crippen LogP contribution in [0.15, 0.2) is 41.4 Å². The Morgan fingerprint density at radius 1 is 1.19 bits per heavy atom. The van der Waals surface area contributed by atoms with Gasteiger partial charge < -0.3 is 9.30 Å². The van der Waals surface area contributed by atoms with Gasteiger partial charge in [-0.05, 0) is 50.1 Å². The van der Waals surface area contributed by atoms with Crippen LogP contribution < -0.4 is 4.80 Å². The van der Waals surface area contributed by atoms with Crippen LogP contribution in [0.2, 0.25) is 0 Å². The van der Waals surface area contributed by atoms with Gasteiger partial charge in [0.05, 0.1) is 26.6 Å². The number of thiazole rings is 1.